The van der Waals surface area contributed by atoms with E-state index in [1.165, 1.54) is 44.9 Å². The van der Waals surface area contributed by atoms with Gasteiger partial charge in [-0.3, -0.25) is 0 Å². The van der Waals surface area contributed by atoms with Gasteiger partial charge in [0.15, 0.2) is 0 Å². The average Bonchev–Trinajstić information content (AvgIpc) is 2.27. The first-order valence-electron chi connectivity index (χ1n) is 6.71. The van der Waals surface area contributed by atoms with E-state index in [0.717, 1.165) is 19.6 Å². The van der Waals surface area contributed by atoms with Crippen LogP contribution in [0.5, 0.6) is 0 Å². The lowest BCUT2D eigenvalue weighted by Crippen LogP contribution is -2.23. The summed E-state index contributed by atoms with van der Waals surface area (Å²) in [4.78, 5) is 0. The molecular weight excluding hydrogens is 218 g/mol. The van der Waals surface area contributed by atoms with E-state index in [1.54, 1.807) is 0 Å². The van der Waals surface area contributed by atoms with Gasteiger partial charge in [-0.25, -0.2) is 0 Å². The number of thiocarbonyl (C=S) groups is 1. The number of rotatable bonds is 10. The van der Waals surface area contributed by atoms with E-state index in [9.17, 15) is 0 Å². The quantitative estimate of drug-likeness (QED) is 0.463. The Morgan fingerprint density at radius 2 is 1.50 bits per heavy atom. The van der Waals surface area contributed by atoms with Crippen molar-refractivity contribution >= 4 is 17.4 Å². The van der Waals surface area contributed by atoms with Crippen LogP contribution in [0.1, 0.15) is 65.2 Å². The maximum atomic E-state index is 5.35. The molecule has 16 heavy (non-hydrogen) atoms. The zero-order valence-corrected chi connectivity index (χ0v) is 11.7. The van der Waals surface area contributed by atoms with Crippen molar-refractivity contribution in [3.63, 3.8) is 0 Å². The highest BCUT2D eigenvalue weighted by atomic mass is 32.1. The summed E-state index contributed by atoms with van der Waals surface area (Å²) in [5.74, 6) is 0. The minimum absolute atomic E-state index is 0.547. The first-order valence-corrected chi connectivity index (χ1v) is 7.12. The first-order chi connectivity index (χ1) is 7.81. The Balaban J connectivity index is 3.01. The van der Waals surface area contributed by atoms with E-state index in [4.69, 9.17) is 17.0 Å². The summed E-state index contributed by atoms with van der Waals surface area (Å²) in [6, 6.07) is 0. The lowest BCUT2D eigenvalue weighted by atomic mass is 10.1. The first kappa shape index (κ1) is 15.7. The van der Waals surface area contributed by atoms with E-state index < -0.39 is 0 Å². The molecular formula is C13H27NOS. The molecule has 0 aromatic rings. The molecule has 96 valence electrons. The molecule has 0 aliphatic heterocycles. The summed E-state index contributed by atoms with van der Waals surface area (Å²) in [6.45, 7) is 5.88. The minimum Gasteiger partial charge on any atom is -0.471 e. The average molecular weight is 245 g/mol. The molecule has 0 aliphatic carbocycles. The molecule has 0 fully saturated rings. The molecule has 0 atom stereocenters. The number of hydrogen-bond acceptors (Lipinski definition) is 2. The van der Waals surface area contributed by atoms with E-state index in [-0.39, 0.29) is 0 Å². The number of nitrogens with one attached hydrogen (secondary N) is 1. The fourth-order valence-electron chi connectivity index (χ4n) is 1.60. The van der Waals surface area contributed by atoms with Crippen LogP contribution in [0.15, 0.2) is 0 Å². The predicted octanol–water partition coefficient (Wildman–Crippen LogP) is 4.04. The maximum Gasteiger partial charge on any atom is 0.256 e. The molecule has 0 rings (SSSR count). The summed E-state index contributed by atoms with van der Waals surface area (Å²) in [5.41, 5.74) is 0. The molecule has 3 heteroatoms. The van der Waals surface area contributed by atoms with Gasteiger partial charge < -0.3 is 10.1 Å². The van der Waals surface area contributed by atoms with Gasteiger partial charge in [-0.2, -0.15) is 0 Å². The summed E-state index contributed by atoms with van der Waals surface area (Å²) in [6.07, 6.45) is 10.6. The van der Waals surface area contributed by atoms with Crippen LogP contribution >= 0.6 is 12.2 Å². The van der Waals surface area contributed by atoms with E-state index >= 15 is 0 Å². The third kappa shape index (κ3) is 11.8. The predicted molar refractivity (Wildman–Crippen MR) is 74.8 cm³/mol. The summed E-state index contributed by atoms with van der Waals surface area (Å²) in [7, 11) is 0. The van der Waals surface area contributed by atoms with E-state index in [2.05, 4.69) is 12.2 Å². The van der Waals surface area contributed by atoms with E-state index in [1.807, 2.05) is 6.92 Å². The Kier molecular flexibility index (Phi) is 12.5. The molecule has 0 bridgehead atoms. The fraction of sp³-hybridized carbons (Fsp3) is 0.923. The SMILES string of the molecule is CCCCCCCCCCOC(=S)NCC. The van der Waals surface area contributed by atoms with Crippen LogP contribution < -0.4 is 5.32 Å². The molecule has 0 aromatic carbocycles. The van der Waals surface area contributed by atoms with Crippen LogP contribution in [0.2, 0.25) is 0 Å². The molecule has 0 aromatic heterocycles. The van der Waals surface area contributed by atoms with Crippen molar-refractivity contribution in [1.82, 2.24) is 5.32 Å². The van der Waals surface area contributed by atoms with Crippen molar-refractivity contribution in [2.75, 3.05) is 13.2 Å². The Hall–Kier alpha value is -0.310. The maximum absolute atomic E-state index is 5.35. The van der Waals surface area contributed by atoms with Crippen molar-refractivity contribution in [3.8, 4) is 0 Å². The number of unbranched alkanes of at least 4 members (excludes halogenated alkanes) is 7. The van der Waals surface area contributed by atoms with E-state index in [0.29, 0.717) is 5.17 Å². The molecule has 0 amide bonds. The van der Waals surface area contributed by atoms with Gasteiger partial charge in [-0.1, -0.05) is 51.9 Å². The van der Waals surface area contributed by atoms with Crippen LogP contribution in [0.25, 0.3) is 0 Å². The zero-order chi connectivity index (χ0) is 12.1. The van der Waals surface area contributed by atoms with Crippen LogP contribution in [0.4, 0.5) is 0 Å². The fourth-order valence-corrected chi connectivity index (χ4v) is 1.82. The topological polar surface area (TPSA) is 21.3 Å². The number of ether oxygens (including phenoxy) is 1. The molecule has 0 radical (unpaired) electrons. The standard InChI is InChI=1S/C13H27NOS/c1-3-5-6-7-8-9-10-11-12-15-13(16)14-4-2/h3-12H2,1-2H3,(H,14,16). The van der Waals surface area contributed by atoms with Gasteiger partial charge in [0.1, 0.15) is 0 Å². The van der Waals surface area contributed by atoms with Crippen LogP contribution in [-0.4, -0.2) is 18.3 Å². The third-order valence-corrected chi connectivity index (χ3v) is 2.81. The smallest absolute Gasteiger partial charge is 0.256 e. The van der Waals surface area contributed by atoms with Crippen LogP contribution in [-0.2, 0) is 4.74 Å². The lowest BCUT2D eigenvalue weighted by Gasteiger charge is -2.07. The molecule has 2 nitrogen and oxygen atoms in total. The highest BCUT2D eigenvalue weighted by Gasteiger charge is 1.95. The molecule has 0 saturated carbocycles. The summed E-state index contributed by atoms with van der Waals surface area (Å²) in [5, 5.41) is 3.53. The van der Waals surface area contributed by atoms with Crippen LogP contribution in [0.3, 0.4) is 0 Å². The van der Waals surface area contributed by atoms with Gasteiger partial charge in [0.2, 0.25) is 0 Å². The summed E-state index contributed by atoms with van der Waals surface area (Å²) < 4.78 is 5.35. The minimum atomic E-state index is 0.547. The van der Waals surface area contributed by atoms with Gasteiger partial charge in [0.05, 0.1) is 6.61 Å². The third-order valence-electron chi connectivity index (χ3n) is 2.55. The number of hydrogen-bond donors (Lipinski definition) is 1. The summed E-state index contributed by atoms with van der Waals surface area (Å²) >= 11 is 4.97. The van der Waals surface area contributed by atoms with Crippen molar-refractivity contribution in [2.45, 2.75) is 65.2 Å². The Labute approximate surface area is 106 Å². The second-order valence-corrected chi connectivity index (χ2v) is 4.51. The second-order valence-electron chi connectivity index (χ2n) is 4.14. The van der Waals surface area contributed by atoms with Gasteiger partial charge in [0, 0.05) is 6.54 Å². The molecule has 0 spiro atoms. The molecule has 0 aliphatic rings. The van der Waals surface area contributed by atoms with Crippen molar-refractivity contribution in [1.29, 1.82) is 0 Å². The molecule has 1 N–H and O–H groups in total. The highest BCUT2D eigenvalue weighted by Crippen LogP contribution is 2.08. The Morgan fingerprint density at radius 1 is 0.938 bits per heavy atom. The van der Waals surface area contributed by atoms with Crippen molar-refractivity contribution in [2.24, 2.45) is 0 Å². The Bertz CT molecular complexity index is 162. The zero-order valence-electron chi connectivity index (χ0n) is 10.9. The molecule has 0 unspecified atom stereocenters. The lowest BCUT2D eigenvalue weighted by molar-refractivity contribution is 0.287. The van der Waals surface area contributed by atoms with Crippen molar-refractivity contribution in [3.05, 3.63) is 0 Å². The van der Waals surface area contributed by atoms with Crippen LogP contribution in [0, 0.1) is 0 Å². The molecule has 0 heterocycles. The highest BCUT2D eigenvalue weighted by molar-refractivity contribution is 7.80. The second kappa shape index (κ2) is 12.8. The largest absolute Gasteiger partial charge is 0.471 e. The normalized spacial score (nSPS) is 10.1. The van der Waals surface area contributed by atoms with Gasteiger partial charge >= 0.3 is 0 Å². The van der Waals surface area contributed by atoms with Gasteiger partial charge in [-0.15, -0.1) is 0 Å². The van der Waals surface area contributed by atoms with Crippen molar-refractivity contribution < 1.29 is 4.74 Å². The molecule has 0 saturated heterocycles. The van der Waals surface area contributed by atoms with Gasteiger partial charge in [0.25, 0.3) is 5.17 Å². The van der Waals surface area contributed by atoms with Gasteiger partial charge in [-0.05, 0) is 25.6 Å². The monoisotopic (exact) mass is 245 g/mol. The Morgan fingerprint density at radius 3 is 2.06 bits per heavy atom.